The zero-order valence-corrected chi connectivity index (χ0v) is 16.2. The summed E-state index contributed by atoms with van der Waals surface area (Å²) in [5.41, 5.74) is 0.869. The van der Waals surface area contributed by atoms with Gasteiger partial charge in [0.05, 0.1) is 16.3 Å². The first kappa shape index (κ1) is 18.8. The van der Waals surface area contributed by atoms with E-state index in [4.69, 9.17) is 11.6 Å². The Labute approximate surface area is 160 Å². The standard InChI is InChI=1S/C17H16ClN3O3S2/c1-12-13(18)4-2-6-16(12)26(23,24)19-9-10-21-17(22)8-7-14(20-21)15-5-3-11-25-15/h2-8,11,19H,9-10H2,1H3. The molecule has 0 amide bonds. The summed E-state index contributed by atoms with van der Waals surface area (Å²) >= 11 is 7.51. The van der Waals surface area contributed by atoms with Crippen LogP contribution in [0.4, 0.5) is 0 Å². The van der Waals surface area contributed by atoms with Gasteiger partial charge in [-0.3, -0.25) is 4.79 Å². The van der Waals surface area contributed by atoms with Gasteiger partial charge in [-0.2, -0.15) is 5.10 Å². The molecule has 0 unspecified atom stereocenters. The fourth-order valence-electron chi connectivity index (χ4n) is 2.41. The van der Waals surface area contributed by atoms with Gasteiger partial charge >= 0.3 is 0 Å². The van der Waals surface area contributed by atoms with Crippen LogP contribution < -0.4 is 10.3 Å². The van der Waals surface area contributed by atoms with Gasteiger partial charge in [-0.25, -0.2) is 17.8 Å². The van der Waals surface area contributed by atoms with E-state index >= 15 is 0 Å². The van der Waals surface area contributed by atoms with Crippen LogP contribution in [0.15, 0.2) is 57.5 Å². The molecular weight excluding hydrogens is 394 g/mol. The number of sulfonamides is 1. The van der Waals surface area contributed by atoms with Crippen molar-refractivity contribution in [3.8, 4) is 10.6 Å². The topological polar surface area (TPSA) is 81.1 Å². The molecule has 0 radical (unpaired) electrons. The first-order valence-electron chi connectivity index (χ1n) is 7.75. The van der Waals surface area contributed by atoms with E-state index in [0.717, 1.165) is 4.88 Å². The Bertz CT molecular complexity index is 1080. The molecule has 26 heavy (non-hydrogen) atoms. The van der Waals surface area contributed by atoms with Crippen molar-refractivity contribution in [2.24, 2.45) is 0 Å². The zero-order chi connectivity index (χ0) is 18.7. The van der Waals surface area contributed by atoms with Gasteiger partial charge in [-0.1, -0.05) is 23.7 Å². The van der Waals surface area contributed by atoms with E-state index in [0.29, 0.717) is 16.3 Å². The first-order valence-corrected chi connectivity index (χ1v) is 10.5. The molecule has 0 aliphatic heterocycles. The fraction of sp³-hybridized carbons (Fsp3) is 0.176. The predicted octanol–water partition coefficient (Wildman–Crippen LogP) is 2.91. The normalized spacial score (nSPS) is 11.6. The minimum Gasteiger partial charge on any atom is -0.268 e. The number of aromatic nitrogens is 2. The number of rotatable bonds is 6. The zero-order valence-electron chi connectivity index (χ0n) is 13.8. The molecule has 1 aromatic carbocycles. The molecule has 3 aromatic rings. The van der Waals surface area contributed by atoms with Gasteiger partial charge in [0.25, 0.3) is 5.56 Å². The summed E-state index contributed by atoms with van der Waals surface area (Å²) in [6.07, 6.45) is 0. The average Bonchev–Trinajstić information content (AvgIpc) is 3.13. The molecule has 3 rings (SSSR count). The van der Waals surface area contributed by atoms with Gasteiger partial charge in [-0.15, -0.1) is 11.3 Å². The van der Waals surface area contributed by atoms with Gasteiger partial charge in [0, 0.05) is 17.6 Å². The summed E-state index contributed by atoms with van der Waals surface area (Å²) in [4.78, 5) is 13.0. The molecule has 0 bridgehead atoms. The molecule has 0 atom stereocenters. The number of nitrogens with one attached hydrogen (secondary N) is 1. The maximum Gasteiger partial charge on any atom is 0.266 e. The Balaban J connectivity index is 1.75. The SMILES string of the molecule is Cc1c(Cl)cccc1S(=O)(=O)NCCn1nc(-c2cccs2)ccc1=O. The number of nitrogens with zero attached hydrogens (tertiary/aromatic N) is 2. The second-order valence-corrected chi connectivity index (χ2v) is 8.61. The second kappa shape index (κ2) is 7.71. The third kappa shape index (κ3) is 4.04. The third-order valence-corrected chi connectivity index (χ3v) is 6.67. The maximum atomic E-state index is 12.5. The van der Waals surface area contributed by atoms with Crippen molar-refractivity contribution >= 4 is 33.0 Å². The molecule has 0 aliphatic rings. The summed E-state index contributed by atoms with van der Waals surface area (Å²) in [6, 6.07) is 11.6. The van der Waals surface area contributed by atoms with E-state index in [9.17, 15) is 13.2 Å². The molecule has 0 saturated carbocycles. The van der Waals surface area contributed by atoms with Gasteiger partial charge in [-0.05, 0) is 42.1 Å². The molecule has 9 heteroatoms. The maximum absolute atomic E-state index is 12.5. The lowest BCUT2D eigenvalue weighted by atomic mass is 10.2. The molecule has 136 valence electrons. The minimum absolute atomic E-state index is 0.0368. The summed E-state index contributed by atoms with van der Waals surface area (Å²) in [5.74, 6) is 0. The number of hydrogen-bond donors (Lipinski definition) is 1. The van der Waals surface area contributed by atoms with Crippen LogP contribution in [0.1, 0.15) is 5.56 Å². The van der Waals surface area contributed by atoms with Crippen molar-refractivity contribution < 1.29 is 8.42 Å². The van der Waals surface area contributed by atoms with Crippen LogP contribution in [0.25, 0.3) is 10.6 Å². The van der Waals surface area contributed by atoms with Crippen LogP contribution in [0.3, 0.4) is 0 Å². The molecule has 0 fully saturated rings. The van der Waals surface area contributed by atoms with Crippen molar-refractivity contribution in [3.63, 3.8) is 0 Å². The Morgan fingerprint density at radius 2 is 2.00 bits per heavy atom. The Morgan fingerprint density at radius 1 is 1.19 bits per heavy atom. The second-order valence-electron chi connectivity index (χ2n) is 5.52. The van der Waals surface area contributed by atoms with E-state index < -0.39 is 10.0 Å². The molecule has 2 aromatic heterocycles. The lowest BCUT2D eigenvalue weighted by molar-refractivity contribution is 0.548. The highest BCUT2D eigenvalue weighted by molar-refractivity contribution is 7.89. The van der Waals surface area contributed by atoms with Gasteiger partial charge in [0.1, 0.15) is 5.69 Å². The third-order valence-electron chi connectivity index (χ3n) is 3.76. The van der Waals surface area contributed by atoms with E-state index in [1.165, 1.54) is 28.2 Å². The lowest BCUT2D eigenvalue weighted by Gasteiger charge is -2.11. The molecule has 0 spiro atoms. The monoisotopic (exact) mass is 409 g/mol. The van der Waals surface area contributed by atoms with E-state index in [1.54, 1.807) is 25.1 Å². The molecule has 0 aliphatic carbocycles. The summed E-state index contributed by atoms with van der Waals surface area (Å²) in [5, 5.41) is 6.61. The van der Waals surface area contributed by atoms with Crippen LogP contribution in [0.5, 0.6) is 0 Å². The highest BCUT2D eigenvalue weighted by Gasteiger charge is 2.17. The van der Waals surface area contributed by atoms with Crippen molar-refractivity contribution in [3.05, 3.63) is 68.8 Å². The van der Waals surface area contributed by atoms with Crippen molar-refractivity contribution in [2.75, 3.05) is 6.54 Å². The van der Waals surface area contributed by atoms with Crippen LogP contribution in [0, 0.1) is 6.92 Å². The molecule has 0 saturated heterocycles. The van der Waals surface area contributed by atoms with E-state index in [2.05, 4.69) is 9.82 Å². The van der Waals surface area contributed by atoms with Crippen molar-refractivity contribution in [2.45, 2.75) is 18.4 Å². The molecule has 2 heterocycles. The molecule has 6 nitrogen and oxygen atoms in total. The number of halogens is 1. The highest BCUT2D eigenvalue weighted by atomic mass is 35.5. The first-order chi connectivity index (χ1) is 12.4. The van der Waals surface area contributed by atoms with E-state index in [1.807, 2.05) is 17.5 Å². The van der Waals surface area contributed by atoms with Gasteiger partial charge in [0.2, 0.25) is 10.0 Å². The summed E-state index contributed by atoms with van der Waals surface area (Å²) in [7, 11) is -3.73. The number of thiophene rings is 1. The van der Waals surface area contributed by atoms with Crippen LogP contribution in [-0.2, 0) is 16.6 Å². The highest BCUT2D eigenvalue weighted by Crippen LogP contribution is 2.23. The van der Waals surface area contributed by atoms with Crippen LogP contribution in [-0.4, -0.2) is 24.7 Å². The minimum atomic E-state index is -3.73. The lowest BCUT2D eigenvalue weighted by Crippen LogP contribution is -2.32. The quantitative estimate of drug-likeness (QED) is 0.678. The Hall–Kier alpha value is -2.00. The average molecular weight is 410 g/mol. The molecule has 1 N–H and O–H groups in total. The van der Waals surface area contributed by atoms with Gasteiger partial charge < -0.3 is 0 Å². The van der Waals surface area contributed by atoms with E-state index in [-0.39, 0.29) is 23.5 Å². The number of benzene rings is 1. The van der Waals surface area contributed by atoms with Crippen molar-refractivity contribution in [1.29, 1.82) is 0 Å². The molecular formula is C17H16ClN3O3S2. The largest absolute Gasteiger partial charge is 0.268 e. The predicted molar refractivity (Wildman–Crippen MR) is 103 cm³/mol. The fourth-order valence-corrected chi connectivity index (χ4v) is 4.61. The Kier molecular flexibility index (Phi) is 5.57. The van der Waals surface area contributed by atoms with Crippen molar-refractivity contribution in [1.82, 2.24) is 14.5 Å². The van der Waals surface area contributed by atoms with Crippen LogP contribution in [0.2, 0.25) is 5.02 Å². The summed E-state index contributed by atoms with van der Waals surface area (Å²) < 4.78 is 28.7. The smallest absolute Gasteiger partial charge is 0.266 e. The van der Waals surface area contributed by atoms with Gasteiger partial charge in [0.15, 0.2) is 0 Å². The summed E-state index contributed by atoms with van der Waals surface area (Å²) in [6.45, 7) is 1.80. The Morgan fingerprint density at radius 3 is 2.73 bits per heavy atom. The van der Waals surface area contributed by atoms with Crippen LogP contribution >= 0.6 is 22.9 Å². The number of hydrogen-bond acceptors (Lipinski definition) is 5.